The fraction of sp³-hybridized carbons (Fsp3) is 0.857. The summed E-state index contributed by atoms with van der Waals surface area (Å²) in [5.74, 6) is 0. The summed E-state index contributed by atoms with van der Waals surface area (Å²) in [7, 11) is -3.74. The van der Waals surface area contributed by atoms with E-state index in [0.29, 0.717) is 4.90 Å². The fourth-order valence-electron chi connectivity index (χ4n) is 0.769. The van der Waals surface area contributed by atoms with Crippen molar-refractivity contribution in [1.29, 1.82) is 0 Å². The molecule has 19 heavy (non-hydrogen) atoms. The number of nitrogens with zero attached hydrogens (tertiary/aromatic N) is 1. The minimum absolute atomic E-state index is 0.0561. The summed E-state index contributed by atoms with van der Waals surface area (Å²) >= 11 is 0. The number of carbonyl (C=O) groups is 1. The van der Waals surface area contributed by atoms with E-state index in [2.05, 4.69) is 9.05 Å². The molecule has 0 atom stereocenters. The third-order valence-electron chi connectivity index (χ3n) is 1.43. The fourth-order valence-corrected chi connectivity index (χ4v) is 2.31. The molecule has 0 aromatic carbocycles. The van der Waals surface area contributed by atoms with E-state index >= 15 is 0 Å². The van der Waals surface area contributed by atoms with Crippen molar-refractivity contribution in [3.63, 3.8) is 0 Å². The lowest BCUT2D eigenvalue weighted by atomic mass is 10.7. The summed E-state index contributed by atoms with van der Waals surface area (Å²) in [5.41, 5.74) is 0. The first-order valence-corrected chi connectivity index (χ1v) is 6.27. The molecule has 1 amide bonds. The summed E-state index contributed by atoms with van der Waals surface area (Å²) in [6.07, 6.45) is -10.8. The molecule has 0 aliphatic carbocycles. The topological polar surface area (TPSA) is 55.8 Å². The smallest absolute Gasteiger partial charge is 0.336 e. The monoisotopic (exact) mass is 317 g/mol. The third kappa shape index (κ3) is 9.74. The molecule has 0 bridgehead atoms. The van der Waals surface area contributed by atoms with Crippen molar-refractivity contribution in [2.24, 2.45) is 0 Å². The highest BCUT2D eigenvalue weighted by molar-refractivity contribution is 7.53. The van der Waals surface area contributed by atoms with Gasteiger partial charge in [-0.05, 0) is 0 Å². The van der Waals surface area contributed by atoms with Crippen molar-refractivity contribution >= 4 is 14.0 Å². The van der Waals surface area contributed by atoms with Crippen molar-refractivity contribution in [3.05, 3.63) is 0 Å². The second-order valence-corrected chi connectivity index (χ2v) is 5.41. The number of amides is 1. The molecule has 0 unspecified atom stereocenters. The van der Waals surface area contributed by atoms with Gasteiger partial charge in [0, 0.05) is 7.05 Å². The Morgan fingerprint density at radius 1 is 1.05 bits per heavy atom. The van der Waals surface area contributed by atoms with Crippen LogP contribution in [0.3, 0.4) is 0 Å². The van der Waals surface area contributed by atoms with E-state index in [9.17, 15) is 35.7 Å². The molecule has 0 aliphatic heterocycles. The Hall–Kier alpha value is -0.800. The Bertz CT molecular complexity index is 321. The predicted molar refractivity (Wildman–Crippen MR) is 50.3 cm³/mol. The van der Waals surface area contributed by atoms with E-state index in [1.165, 1.54) is 0 Å². The Labute approximate surface area is 104 Å². The molecule has 0 aromatic heterocycles. The number of halogens is 6. The number of hydrogen-bond acceptors (Lipinski definition) is 4. The van der Waals surface area contributed by atoms with Crippen LogP contribution in [-0.4, -0.2) is 50.2 Å². The van der Waals surface area contributed by atoms with Gasteiger partial charge in [-0.25, -0.2) is 0 Å². The van der Waals surface area contributed by atoms with Crippen LogP contribution in [0.15, 0.2) is 0 Å². The van der Waals surface area contributed by atoms with E-state index in [0.717, 1.165) is 7.05 Å². The first-order chi connectivity index (χ1) is 8.37. The molecule has 0 heterocycles. The van der Waals surface area contributed by atoms with E-state index < -0.39 is 39.4 Å². The summed E-state index contributed by atoms with van der Waals surface area (Å²) in [5, 5.41) is 0. The quantitative estimate of drug-likeness (QED) is 0.411. The highest BCUT2D eigenvalue weighted by atomic mass is 31.2. The SMILES string of the molecule is CN(C=O)CP(=O)(OCC(F)(F)F)OCC(F)(F)F. The molecule has 5 nitrogen and oxygen atoms in total. The standard InChI is InChI=1S/C7H10F6NO4P/c1-14(4-15)5-19(16,17-2-6(8,9)10)18-3-7(11,12)13/h4H,2-3,5H2,1H3. The molecule has 0 radical (unpaired) electrons. The summed E-state index contributed by atoms with van der Waals surface area (Å²) in [6.45, 7) is -4.09. The van der Waals surface area contributed by atoms with Crippen LogP contribution in [0.5, 0.6) is 0 Å². The zero-order valence-electron chi connectivity index (χ0n) is 9.49. The highest BCUT2D eigenvalue weighted by Gasteiger charge is 2.38. The Morgan fingerprint density at radius 3 is 1.68 bits per heavy atom. The summed E-state index contributed by atoms with van der Waals surface area (Å²) < 4.78 is 90.6. The lowest BCUT2D eigenvalue weighted by molar-refractivity contribution is -0.165. The van der Waals surface area contributed by atoms with Crippen LogP contribution in [0.4, 0.5) is 26.3 Å². The van der Waals surface area contributed by atoms with Crippen LogP contribution >= 0.6 is 7.60 Å². The lowest BCUT2D eigenvalue weighted by Crippen LogP contribution is -2.25. The van der Waals surface area contributed by atoms with Gasteiger partial charge < -0.3 is 4.90 Å². The number of rotatable bonds is 7. The summed E-state index contributed by atoms with van der Waals surface area (Å²) in [6, 6.07) is 0. The predicted octanol–water partition coefficient (Wildman–Crippen LogP) is 2.38. The largest absolute Gasteiger partial charge is 0.412 e. The molecule has 0 aromatic rings. The molecule has 0 saturated carbocycles. The van der Waals surface area contributed by atoms with Gasteiger partial charge in [-0.1, -0.05) is 0 Å². The van der Waals surface area contributed by atoms with E-state index in [1.54, 1.807) is 0 Å². The van der Waals surface area contributed by atoms with Crippen LogP contribution in [0.25, 0.3) is 0 Å². The normalized spacial score (nSPS) is 13.4. The zero-order chi connectivity index (χ0) is 15.3. The maximum Gasteiger partial charge on any atom is 0.412 e. The van der Waals surface area contributed by atoms with Crippen LogP contribution in [-0.2, 0) is 18.4 Å². The van der Waals surface area contributed by atoms with Crippen LogP contribution < -0.4 is 0 Å². The molecule has 0 N–H and O–H groups in total. The van der Waals surface area contributed by atoms with Gasteiger partial charge in [-0.2, -0.15) is 26.3 Å². The van der Waals surface area contributed by atoms with E-state index in [4.69, 9.17) is 0 Å². The Kier molecular flexibility index (Phi) is 6.30. The van der Waals surface area contributed by atoms with Gasteiger partial charge in [0.1, 0.15) is 6.29 Å². The van der Waals surface area contributed by atoms with Gasteiger partial charge in [0.05, 0.1) is 0 Å². The third-order valence-corrected chi connectivity index (χ3v) is 3.26. The molecule has 0 rings (SSSR count). The average molecular weight is 317 g/mol. The van der Waals surface area contributed by atoms with Gasteiger partial charge >= 0.3 is 19.9 Å². The average Bonchev–Trinajstić information content (AvgIpc) is 2.22. The maximum atomic E-state index is 11.9. The minimum atomic E-state index is -4.89. The van der Waals surface area contributed by atoms with Crippen LogP contribution in [0, 0.1) is 0 Å². The van der Waals surface area contributed by atoms with Crippen LogP contribution in [0.2, 0.25) is 0 Å². The number of carbonyl (C=O) groups excluding carboxylic acids is 1. The highest BCUT2D eigenvalue weighted by Crippen LogP contribution is 2.50. The number of hydrogen-bond donors (Lipinski definition) is 0. The van der Waals surface area contributed by atoms with E-state index in [1.807, 2.05) is 0 Å². The van der Waals surface area contributed by atoms with Gasteiger partial charge in [0.2, 0.25) is 6.41 Å². The Balaban J connectivity index is 4.72. The molecule has 12 heteroatoms. The first-order valence-electron chi connectivity index (χ1n) is 4.54. The molecule has 0 fully saturated rings. The van der Waals surface area contributed by atoms with Gasteiger partial charge in [-0.3, -0.25) is 18.4 Å². The van der Waals surface area contributed by atoms with Crippen molar-refractivity contribution in [2.75, 3.05) is 26.5 Å². The molecule has 114 valence electrons. The first kappa shape index (κ1) is 18.2. The zero-order valence-corrected chi connectivity index (χ0v) is 10.4. The van der Waals surface area contributed by atoms with Crippen molar-refractivity contribution in [2.45, 2.75) is 12.4 Å². The minimum Gasteiger partial charge on any atom is -0.336 e. The van der Waals surface area contributed by atoms with Crippen molar-refractivity contribution in [3.8, 4) is 0 Å². The Morgan fingerprint density at radius 2 is 1.42 bits per heavy atom. The molecule has 0 spiro atoms. The van der Waals surface area contributed by atoms with Gasteiger partial charge in [-0.15, -0.1) is 0 Å². The molecule has 0 aliphatic rings. The molecule has 0 saturated heterocycles. The van der Waals surface area contributed by atoms with E-state index in [-0.39, 0.29) is 6.41 Å². The lowest BCUT2D eigenvalue weighted by Gasteiger charge is -2.22. The van der Waals surface area contributed by atoms with Crippen molar-refractivity contribution < 1.29 is 44.7 Å². The molecular formula is C7H10F6NO4P. The van der Waals surface area contributed by atoms with Crippen LogP contribution in [0.1, 0.15) is 0 Å². The van der Waals surface area contributed by atoms with Gasteiger partial charge in [0.15, 0.2) is 13.2 Å². The van der Waals surface area contributed by atoms with Gasteiger partial charge in [0.25, 0.3) is 0 Å². The number of alkyl halides is 6. The second-order valence-electron chi connectivity index (χ2n) is 3.39. The second kappa shape index (κ2) is 6.58. The summed E-state index contributed by atoms with van der Waals surface area (Å²) in [4.78, 5) is 10.8. The molecular weight excluding hydrogens is 307 g/mol. The maximum absolute atomic E-state index is 11.9. The van der Waals surface area contributed by atoms with Crippen molar-refractivity contribution in [1.82, 2.24) is 4.90 Å².